The van der Waals surface area contributed by atoms with Crippen molar-refractivity contribution in [3.05, 3.63) is 31.0 Å². The summed E-state index contributed by atoms with van der Waals surface area (Å²) in [6, 6.07) is 1.91. The van der Waals surface area contributed by atoms with Crippen LogP contribution in [0.3, 0.4) is 0 Å². The largest absolute Gasteiger partial charge is 0.275 e. The maximum atomic E-state index is 4.14. The van der Waals surface area contributed by atoms with E-state index in [4.69, 9.17) is 0 Å². The third-order valence-electron chi connectivity index (χ3n) is 1.43. The summed E-state index contributed by atoms with van der Waals surface area (Å²) in [4.78, 5) is 4.14. The molecule has 0 N–H and O–H groups in total. The summed E-state index contributed by atoms with van der Waals surface area (Å²) in [5.74, 6) is 0. The van der Waals surface area contributed by atoms with Crippen LogP contribution >= 0.6 is 0 Å². The van der Waals surface area contributed by atoms with Gasteiger partial charge in [0.05, 0.1) is 12.4 Å². The van der Waals surface area contributed by atoms with Crippen LogP contribution in [0.2, 0.25) is 0 Å². The normalized spacial score (nSPS) is 9.55. The molecular weight excluding hydrogens is 318 g/mol. The molecule has 2 rings (SSSR count). The maximum Gasteiger partial charge on any atom is 0.275 e. The van der Waals surface area contributed by atoms with Crippen LogP contribution in [0.5, 0.6) is 0 Å². The number of hydrogen-bond acceptors (Lipinski definition) is 1. The van der Waals surface area contributed by atoms with Crippen molar-refractivity contribution in [2.75, 3.05) is 0 Å². The van der Waals surface area contributed by atoms with E-state index in [1.54, 1.807) is 6.20 Å². The molecule has 0 aliphatic heterocycles. The molecule has 0 fully saturated rings. The summed E-state index contributed by atoms with van der Waals surface area (Å²) in [6.45, 7) is 0. The van der Waals surface area contributed by atoms with Crippen molar-refractivity contribution in [1.82, 2.24) is 14.0 Å². The molecule has 59 valence electrons. The van der Waals surface area contributed by atoms with Crippen LogP contribution in [0.15, 0.2) is 31.0 Å². The molecule has 0 amide bonds. The molecule has 0 aliphatic carbocycles. The molecule has 3 nitrogen and oxygen atoms in total. The summed E-state index contributed by atoms with van der Waals surface area (Å²) >= 11 is 0. The van der Waals surface area contributed by atoms with Gasteiger partial charge in [-0.05, 0) is 0 Å². The standard InChI is InChI=1S/C7H8N3.Ir/c1-9-5-7-8-3-2-4-10(7)6-9;/h2-6H,1H3;/q+1;. The topological polar surface area (TPSA) is 22.2 Å². The summed E-state index contributed by atoms with van der Waals surface area (Å²) in [5, 5.41) is 0. The summed E-state index contributed by atoms with van der Waals surface area (Å²) in [7, 11) is 1.98. The first kappa shape index (κ1) is 8.37. The van der Waals surface area contributed by atoms with E-state index in [0.29, 0.717) is 0 Å². The zero-order valence-corrected chi connectivity index (χ0v) is 8.46. The Labute approximate surface area is 78.0 Å². The van der Waals surface area contributed by atoms with E-state index in [0.717, 1.165) is 5.65 Å². The summed E-state index contributed by atoms with van der Waals surface area (Å²) in [6.07, 6.45) is 7.71. The van der Waals surface area contributed by atoms with Crippen LogP contribution in [-0.2, 0) is 27.2 Å². The van der Waals surface area contributed by atoms with E-state index in [2.05, 4.69) is 4.98 Å². The molecule has 2 aromatic heterocycles. The molecule has 0 saturated heterocycles. The maximum absolute atomic E-state index is 4.14. The minimum absolute atomic E-state index is 0. The molecule has 2 heterocycles. The Morgan fingerprint density at radius 3 is 3.09 bits per heavy atom. The molecular formula is C7H8IrN3+. The average molecular weight is 326 g/mol. The summed E-state index contributed by atoms with van der Waals surface area (Å²) in [5.41, 5.74) is 0.977. The number of fused-ring (bicyclic) bond motifs is 1. The van der Waals surface area contributed by atoms with E-state index in [1.807, 2.05) is 40.8 Å². The van der Waals surface area contributed by atoms with Crippen molar-refractivity contribution < 1.29 is 20.1 Å². The summed E-state index contributed by atoms with van der Waals surface area (Å²) < 4.78 is 3.95. The fourth-order valence-corrected chi connectivity index (χ4v) is 1.00. The first-order valence-electron chi connectivity index (χ1n) is 3.14. The number of imidazole rings is 1. The molecule has 0 unspecified atom stereocenters. The van der Waals surface area contributed by atoms with Crippen molar-refractivity contribution in [1.29, 1.82) is 0 Å². The molecule has 11 heavy (non-hydrogen) atoms. The van der Waals surface area contributed by atoms with E-state index in [-0.39, 0.29) is 20.1 Å². The van der Waals surface area contributed by atoms with Gasteiger partial charge >= 0.3 is 0 Å². The monoisotopic (exact) mass is 327 g/mol. The number of aromatic nitrogens is 3. The van der Waals surface area contributed by atoms with Crippen LogP contribution in [0, 0.1) is 0 Å². The van der Waals surface area contributed by atoms with Gasteiger partial charge in [-0.15, -0.1) is 0 Å². The van der Waals surface area contributed by atoms with Crippen LogP contribution in [0.25, 0.3) is 5.65 Å². The van der Waals surface area contributed by atoms with Gasteiger partial charge in [0, 0.05) is 33.2 Å². The Kier molecular flexibility index (Phi) is 2.37. The third kappa shape index (κ3) is 1.47. The number of nitrogens with zero attached hydrogens (tertiary/aromatic N) is 3. The molecule has 0 aromatic carbocycles. The van der Waals surface area contributed by atoms with Gasteiger partial charge in [0.1, 0.15) is 0 Å². The second-order valence-electron chi connectivity index (χ2n) is 2.30. The van der Waals surface area contributed by atoms with Crippen molar-refractivity contribution in [2.24, 2.45) is 7.05 Å². The van der Waals surface area contributed by atoms with Gasteiger partial charge in [0.15, 0.2) is 12.5 Å². The van der Waals surface area contributed by atoms with Crippen LogP contribution in [-0.4, -0.2) is 14.0 Å². The van der Waals surface area contributed by atoms with Gasteiger partial charge in [-0.2, -0.15) is 9.38 Å². The molecule has 1 radical (unpaired) electrons. The zero-order valence-electron chi connectivity index (χ0n) is 6.06. The third-order valence-corrected chi connectivity index (χ3v) is 1.43. The molecule has 0 aliphatic rings. The predicted molar refractivity (Wildman–Crippen MR) is 38.6 cm³/mol. The molecule has 0 bridgehead atoms. The zero-order chi connectivity index (χ0) is 6.97. The van der Waals surface area contributed by atoms with Gasteiger partial charge < -0.3 is 0 Å². The van der Waals surface area contributed by atoms with Crippen molar-refractivity contribution in [3.63, 3.8) is 0 Å². The first-order chi connectivity index (χ1) is 4.86. The van der Waals surface area contributed by atoms with Gasteiger partial charge in [-0.1, -0.05) is 0 Å². The van der Waals surface area contributed by atoms with Crippen molar-refractivity contribution in [3.8, 4) is 0 Å². The number of rotatable bonds is 0. The van der Waals surface area contributed by atoms with Crippen LogP contribution in [0.1, 0.15) is 0 Å². The Morgan fingerprint density at radius 2 is 2.36 bits per heavy atom. The minimum Gasteiger partial charge on any atom is -0.252 e. The average Bonchev–Trinajstić information content (AvgIpc) is 2.27. The molecule has 2 aromatic rings. The van der Waals surface area contributed by atoms with E-state index >= 15 is 0 Å². The second kappa shape index (κ2) is 3.11. The number of aryl methyl sites for hydroxylation is 1. The second-order valence-corrected chi connectivity index (χ2v) is 2.30. The van der Waals surface area contributed by atoms with Crippen molar-refractivity contribution in [2.45, 2.75) is 0 Å². The Morgan fingerprint density at radius 1 is 1.55 bits per heavy atom. The Balaban J connectivity index is 0.000000605. The molecule has 0 saturated carbocycles. The van der Waals surface area contributed by atoms with Gasteiger partial charge in [0.2, 0.25) is 0 Å². The van der Waals surface area contributed by atoms with E-state index in [9.17, 15) is 0 Å². The molecule has 0 atom stereocenters. The van der Waals surface area contributed by atoms with Crippen molar-refractivity contribution >= 4 is 5.65 Å². The fourth-order valence-electron chi connectivity index (χ4n) is 1.00. The van der Waals surface area contributed by atoms with E-state index < -0.39 is 0 Å². The van der Waals surface area contributed by atoms with Crippen LogP contribution < -0.4 is 0 Å². The quantitative estimate of drug-likeness (QED) is 0.661. The van der Waals surface area contributed by atoms with Gasteiger partial charge in [-0.3, -0.25) is 4.57 Å². The molecule has 4 heteroatoms. The first-order valence-corrected chi connectivity index (χ1v) is 3.14. The predicted octanol–water partition coefficient (Wildman–Crippen LogP) is 0.951. The Hall–Kier alpha value is -0.731. The van der Waals surface area contributed by atoms with Gasteiger partial charge in [0.25, 0.3) is 5.65 Å². The SMILES string of the molecule is Cn1cc2ncccn2[cH+]1.[Ir]. The van der Waals surface area contributed by atoms with Crippen LogP contribution in [0.4, 0.5) is 0 Å². The smallest absolute Gasteiger partial charge is 0.252 e. The number of hydrogen-bond donors (Lipinski definition) is 0. The Bertz CT molecular complexity index is 322. The fraction of sp³-hybridized carbons (Fsp3) is 0.143. The minimum atomic E-state index is 0. The van der Waals surface area contributed by atoms with E-state index in [1.165, 1.54) is 0 Å². The molecule has 0 spiro atoms. The van der Waals surface area contributed by atoms with Gasteiger partial charge in [-0.25, -0.2) is 0 Å².